The first-order valence-corrected chi connectivity index (χ1v) is 6.25. The lowest BCUT2D eigenvalue weighted by Crippen LogP contribution is -3.14. The van der Waals surface area contributed by atoms with Crippen LogP contribution in [0.4, 0.5) is 4.39 Å². The predicted molar refractivity (Wildman–Crippen MR) is 63.8 cm³/mol. The molecule has 4 rings (SSSR count). The van der Waals surface area contributed by atoms with E-state index in [0.717, 1.165) is 31.6 Å². The lowest BCUT2D eigenvalue weighted by molar-refractivity contribution is -0.880. The highest BCUT2D eigenvalue weighted by Crippen LogP contribution is 2.25. The van der Waals surface area contributed by atoms with Gasteiger partial charge in [0.25, 0.3) is 0 Å². The number of hydrogen-bond acceptors (Lipinski definition) is 1. The van der Waals surface area contributed by atoms with Crippen molar-refractivity contribution >= 4 is 6.08 Å². The van der Waals surface area contributed by atoms with E-state index in [0.29, 0.717) is 11.5 Å². The molecule has 3 aliphatic rings. The summed E-state index contributed by atoms with van der Waals surface area (Å²) in [6.45, 7) is 2.14. The van der Waals surface area contributed by atoms with Gasteiger partial charge in [-0.05, 0) is 6.07 Å². The number of benzene rings is 1. The third-order valence-corrected chi connectivity index (χ3v) is 4.02. The number of halogens is 1. The molecule has 1 aromatic carbocycles. The summed E-state index contributed by atoms with van der Waals surface area (Å²) in [5.41, 5.74) is 1.55. The first-order chi connectivity index (χ1) is 8.25. The molecule has 17 heavy (non-hydrogen) atoms. The first kappa shape index (κ1) is 10.9. The van der Waals surface area contributed by atoms with Crippen molar-refractivity contribution in [1.82, 2.24) is 0 Å². The molecule has 2 N–H and O–H groups in total. The lowest BCUT2D eigenvalue weighted by Gasteiger charge is -2.41. The van der Waals surface area contributed by atoms with Gasteiger partial charge < -0.3 is 10.0 Å². The second kappa shape index (κ2) is 4.24. The van der Waals surface area contributed by atoms with E-state index in [4.69, 9.17) is 0 Å². The van der Waals surface area contributed by atoms with Crippen molar-refractivity contribution in [3.63, 3.8) is 0 Å². The van der Waals surface area contributed by atoms with Gasteiger partial charge in [-0.2, -0.15) is 0 Å². The summed E-state index contributed by atoms with van der Waals surface area (Å²) < 4.78 is 13.6. The Morgan fingerprint density at radius 2 is 1.94 bits per heavy atom. The summed E-state index contributed by atoms with van der Waals surface area (Å²) in [4.78, 5) is 1.32. The van der Waals surface area contributed by atoms with Crippen LogP contribution in [0, 0.1) is 11.7 Å². The van der Waals surface area contributed by atoms with Crippen LogP contribution >= 0.6 is 0 Å². The van der Waals surface area contributed by atoms with Gasteiger partial charge in [-0.1, -0.05) is 18.2 Å². The summed E-state index contributed by atoms with van der Waals surface area (Å²) in [5, 5.41) is 10.2. The van der Waals surface area contributed by atoms with Gasteiger partial charge in [-0.15, -0.1) is 0 Å². The highest BCUT2D eigenvalue weighted by molar-refractivity contribution is 5.52. The zero-order valence-corrected chi connectivity index (χ0v) is 9.70. The maximum Gasteiger partial charge on any atom is 0.137 e. The average molecular weight is 234 g/mol. The summed E-state index contributed by atoms with van der Waals surface area (Å²) in [6.07, 6.45) is 3.63. The van der Waals surface area contributed by atoms with Gasteiger partial charge in [0.05, 0.1) is 13.1 Å². The second-order valence-corrected chi connectivity index (χ2v) is 5.01. The highest BCUT2D eigenvalue weighted by Gasteiger charge is 2.41. The van der Waals surface area contributed by atoms with E-state index in [1.54, 1.807) is 12.1 Å². The second-order valence-electron chi connectivity index (χ2n) is 5.01. The minimum atomic E-state index is -0.382. The number of aliphatic hydroxyl groups excluding tert-OH is 1. The van der Waals surface area contributed by atoms with Crippen LogP contribution in [0.2, 0.25) is 0 Å². The van der Waals surface area contributed by atoms with Crippen LogP contribution in [0.15, 0.2) is 30.0 Å². The molecule has 0 aromatic heterocycles. The molecule has 3 saturated heterocycles. The third-order valence-electron chi connectivity index (χ3n) is 4.02. The molecule has 0 spiro atoms. The first-order valence-electron chi connectivity index (χ1n) is 6.25. The molecule has 0 radical (unpaired) electrons. The largest absolute Gasteiger partial charge is 0.383 e. The molecule has 0 unspecified atom stereocenters. The van der Waals surface area contributed by atoms with Crippen LogP contribution < -0.4 is 4.90 Å². The molecule has 3 heterocycles. The van der Waals surface area contributed by atoms with Crippen molar-refractivity contribution in [2.24, 2.45) is 5.92 Å². The average Bonchev–Trinajstić information content (AvgIpc) is 2.36. The number of piperidine rings is 3. The Labute approximate surface area is 100 Å². The van der Waals surface area contributed by atoms with Gasteiger partial charge in [0.15, 0.2) is 0 Å². The van der Waals surface area contributed by atoms with E-state index in [1.165, 1.54) is 11.0 Å². The van der Waals surface area contributed by atoms with E-state index in [1.807, 2.05) is 12.1 Å². The van der Waals surface area contributed by atoms with E-state index >= 15 is 0 Å². The molecule has 3 aliphatic heterocycles. The summed E-state index contributed by atoms with van der Waals surface area (Å²) in [5.74, 6) is 0.166. The van der Waals surface area contributed by atoms with Gasteiger partial charge in [0.1, 0.15) is 17.6 Å². The number of hydrogen-bond donors (Lipinski definition) is 2. The third kappa shape index (κ3) is 1.90. The van der Waals surface area contributed by atoms with Gasteiger partial charge in [0.2, 0.25) is 0 Å². The minimum Gasteiger partial charge on any atom is -0.383 e. The molecular formula is C14H17FNO+. The fourth-order valence-electron chi connectivity index (χ4n) is 3.00. The van der Waals surface area contributed by atoms with Crippen molar-refractivity contribution in [1.29, 1.82) is 0 Å². The molecule has 0 amide bonds. The molecule has 1 atom stereocenters. The van der Waals surface area contributed by atoms with Crippen LogP contribution in [0.5, 0.6) is 0 Å². The summed E-state index contributed by atoms with van der Waals surface area (Å²) >= 11 is 0. The van der Waals surface area contributed by atoms with Crippen molar-refractivity contribution in [3.8, 4) is 0 Å². The lowest BCUT2D eigenvalue weighted by atomic mass is 9.83. The van der Waals surface area contributed by atoms with Crippen LogP contribution in [-0.4, -0.2) is 24.3 Å². The van der Waals surface area contributed by atoms with E-state index in [2.05, 4.69) is 0 Å². The Balaban J connectivity index is 1.96. The molecule has 90 valence electrons. The van der Waals surface area contributed by atoms with Crippen LogP contribution in [0.25, 0.3) is 6.08 Å². The smallest absolute Gasteiger partial charge is 0.137 e. The number of quaternary nitrogens is 1. The molecule has 2 nitrogen and oxygen atoms in total. The van der Waals surface area contributed by atoms with Crippen molar-refractivity contribution in [2.45, 2.75) is 18.9 Å². The SMILES string of the molecule is O[C@@H]1/C(=C/c2ccccc2F)[NH+]2CCC1CC2. The number of fused-ring (bicyclic) bond motifs is 3. The Hall–Kier alpha value is -1.19. The maximum atomic E-state index is 13.6. The van der Waals surface area contributed by atoms with Gasteiger partial charge in [-0.25, -0.2) is 4.39 Å². The van der Waals surface area contributed by atoms with E-state index < -0.39 is 0 Å². The topological polar surface area (TPSA) is 24.7 Å². The molecule has 0 saturated carbocycles. The Morgan fingerprint density at radius 1 is 1.24 bits per heavy atom. The van der Waals surface area contributed by atoms with Crippen molar-refractivity contribution < 1.29 is 14.4 Å². The fourth-order valence-corrected chi connectivity index (χ4v) is 3.00. The van der Waals surface area contributed by atoms with Gasteiger partial charge >= 0.3 is 0 Å². The standard InChI is InChI=1S/C14H16FNO/c15-12-4-2-1-3-11(12)9-13-14(17)10-5-7-16(13)8-6-10/h1-4,9-10,14,17H,5-8H2/p+1/b13-9-/t14-/m0/s1. The Bertz CT molecular complexity index is 445. The summed E-state index contributed by atoms with van der Waals surface area (Å²) in [6, 6.07) is 6.74. The highest BCUT2D eigenvalue weighted by atomic mass is 19.1. The van der Waals surface area contributed by atoms with Crippen LogP contribution in [-0.2, 0) is 0 Å². The quantitative estimate of drug-likeness (QED) is 0.739. The molecule has 1 aromatic rings. The van der Waals surface area contributed by atoms with Gasteiger partial charge in [0, 0.05) is 30.4 Å². The fraction of sp³-hybridized carbons (Fsp3) is 0.429. The molecular weight excluding hydrogens is 217 g/mol. The number of aliphatic hydroxyl groups is 1. The van der Waals surface area contributed by atoms with E-state index in [-0.39, 0.29) is 11.9 Å². The Morgan fingerprint density at radius 3 is 2.59 bits per heavy atom. The minimum absolute atomic E-state index is 0.214. The van der Waals surface area contributed by atoms with Crippen molar-refractivity contribution in [2.75, 3.05) is 13.1 Å². The summed E-state index contributed by atoms with van der Waals surface area (Å²) in [7, 11) is 0. The normalized spacial score (nSPS) is 34.2. The Kier molecular flexibility index (Phi) is 2.73. The van der Waals surface area contributed by atoms with E-state index in [9.17, 15) is 9.50 Å². The molecule has 0 aliphatic carbocycles. The van der Waals surface area contributed by atoms with Crippen molar-refractivity contribution in [3.05, 3.63) is 41.3 Å². The van der Waals surface area contributed by atoms with Crippen LogP contribution in [0.3, 0.4) is 0 Å². The number of rotatable bonds is 1. The zero-order valence-electron chi connectivity index (χ0n) is 9.70. The number of nitrogens with one attached hydrogen (secondary N) is 1. The zero-order chi connectivity index (χ0) is 11.8. The molecule has 3 fully saturated rings. The maximum absolute atomic E-state index is 13.6. The molecule has 2 bridgehead atoms. The van der Waals surface area contributed by atoms with Crippen LogP contribution in [0.1, 0.15) is 18.4 Å². The monoisotopic (exact) mass is 234 g/mol. The molecule has 3 heteroatoms. The van der Waals surface area contributed by atoms with Gasteiger partial charge in [-0.3, -0.25) is 0 Å². The predicted octanol–water partition coefficient (Wildman–Crippen LogP) is 0.836.